The van der Waals surface area contributed by atoms with Crippen LogP contribution in [-0.4, -0.2) is 9.97 Å². The van der Waals surface area contributed by atoms with Gasteiger partial charge in [0.25, 0.3) is 0 Å². The zero-order chi connectivity index (χ0) is 13.9. The predicted octanol–water partition coefficient (Wildman–Crippen LogP) is 5.05. The molecule has 0 spiro atoms. The van der Waals surface area contributed by atoms with Crippen LogP contribution in [-0.2, 0) is 6.42 Å². The topological polar surface area (TPSA) is 25.8 Å². The van der Waals surface area contributed by atoms with Gasteiger partial charge in [-0.3, -0.25) is 0 Å². The summed E-state index contributed by atoms with van der Waals surface area (Å²) in [5, 5.41) is 2.58. The molecule has 0 aliphatic rings. The Morgan fingerprint density at radius 2 is 1.85 bits per heavy atom. The Balaban J connectivity index is 2.04. The van der Waals surface area contributed by atoms with Crippen LogP contribution in [0.4, 0.5) is 0 Å². The van der Waals surface area contributed by atoms with E-state index in [2.05, 4.69) is 44.0 Å². The Labute approximate surface area is 140 Å². The number of halogens is 2. The summed E-state index contributed by atoms with van der Waals surface area (Å²) in [6, 6.07) is 14.2. The first-order valence-corrected chi connectivity index (χ1v) is 8.37. The fraction of sp³-hybridized carbons (Fsp3) is 0.0667. The summed E-state index contributed by atoms with van der Waals surface area (Å²) in [4.78, 5) is 10.3. The third-order valence-electron chi connectivity index (χ3n) is 2.82. The zero-order valence-corrected chi connectivity index (χ0v) is 14.1. The third-order valence-corrected chi connectivity index (χ3v) is 5.31. The highest BCUT2D eigenvalue weighted by Crippen LogP contribution is 2.28. The van der Waals surface area contributed by atoms with Gasteiger partial charge in [-0.15, -0.1) is 11.3 Å². The first-order valence-electron chi connectivity index (χ1n) is 6.04. The Kier molecular flexibility index (Phi) is 4.33. The summed E-state index contributed by atoms with van der Waals surface area (Å²) < 4.78 is 0.894. The molecule has 0 saturated carbocycles. The fourth-order valence-corrected chi connectivity index (χ4v) is 3.34. The highest BCUT2D eigenvalue weighted by atomic mass is 127. The minimum absolute atomic E-state index is 0.519. The van der Waals surface area contributed by atoms with E-state index in [0.717, 1.165) is 20.7 Å². The van der Waals surface area contributed by atoms with Crippen LogP contribution in [0.25, 0.3) is 11.3 Å². The normalized spacial score (nSPS) is 10.7. The molecular formula is C15H10ClIN2S. The maximum absolute atomic E-state index is 6.25. The van der Waals surface area contributed by atoms with E-state index in [1.807, 2.05) is 36.4 Å². The standard InChI is InChI=1S/C15H10ClIN2S/c16-15-13(17)14(10-5-2-1-3-6-10)18-12(19-15)9-11-7-4-8-20-11/h1-8H,9H2. The number of rotatable bonds is 3. The molecule has 2 heterocycles. The van der Waals surface area contributed by atoms with Gasteiger partial charge >= 0.3 is 0 Å². The molecule has 1 aromatic carbocycles. The molecule has 0 aliphatic heterocycles. The van der Waals surface area contributed by atoms with Crippen LogP contribution in [0.5, 0.6) is 0 Å². The molecule has 20 heavy (non-hydrogen) atoms. The van der Waals surface area contributed by atoms with Crippen molar-refractivity contribution in [3.63, 3.8) is 0 Å². The minimum atomic E-state index is 0.519. The lowest BCUT2D eigenvalue weighted by molar-refractivity contribution is 0.978. The van der Waals surface area contributed by atoms with Crippen LogP contribution in [0.3, 0.4) is 0 Å². The summed E-state index contributed by atoms with van der Waals surface area (Å²) in [5.41, 5.74) is 1.96. The predicted molar refractivity (Wildman–Crippen MR) is 92.3 cm³/mol. The van der Waals surface area contributed by atoms with Crippen LogP contribution < -0.4 is 0 Å². The summed E-state index contributed by atoms with van der Waals surface area (Å²) in [6.45, 7) is 0. The van der Waals surface area contributed by atoms with Crippen molar-refractivity contribution in [2.75, 3.05) is 0 Å². The molecule has 3 aromatic rings. The molecule has 0 saturated heterocycles. The molecule has 0 N–H and O–H groups in total. The molecule has 100 valence electrons. The molecular weight excluding hydrogens is 403 g/mol. The van der Waals surface area contributed by atoms with Crippen LogP contribution in [0.1, 0.15) is 10.7 Å². The first kappa shape index (κ1) is 14.0. The van der Waals surface area contributed by atoms with E-state index in [9.17, 15) is 0 Å². The molecule has 0 fully saturated rings. The van der Waals surface area contributed by atoms with E-state index in [1.165, 1.54) is 4.88 Å². The van der Waals surface area contributed by atoms with Gasteiger partial charge in [0.05, 0.1) is 9.26 Å². The molecule has 0 bridgehead atoms. The van der Waals surface area contributed by atoms with Crippen LogP contribution in [0, 0.1) is 3.57 Å². The van der Waals surface area contributed by atoms with E-state index >= 15 is 0 Å². The maximum Gasteiger partial charge on any atom is 0.146 e. The Hall–Kier alpha value is -0.980. The summed E-state index contributed by atoms with van der Waals surface area (Å²) >= 11 is 10.2. The van der Waals surface area contributed by atoms with Crippen LogP contribution in [0.2, 0.25) is 5.15 Å². The number of aromatic nitrogens is 2. The SMILES string of the molecule is Clc1nc(Cc2cccs2)nc(-c2ccccc2)c1I. The quantitative estimate of drug-likeness (QED) is 0.444. The number of hydrogen-bond donors (Lipinski definition) is 0. The van der Waals surface area contributed by atoms with E-state index in [0.29, 0.717) is 11.6 Å². The molecule has 0 amide bonds. The zero-order valence-electron chi connectivity index (χ0n) is 10.4. The van der Waals surface area contributed by atoms with Crippen LogP contribution in [0.15, 0.2) is 47.8 Å². The van der Waals surface area contributed by atoms with Gasteiger partial charge in [0, 0.05) is 16.9 Å². The lowest BCUT2D eigenvalue weighted by atomic mass is 10.1. The van der Waals surface area contributed by atoms with Crippen molar-refractivity contribution in [1.29, 1.82) is 0 Å². The Bertz CT molecular complexity index is 714. The van der Waals surface area contributed by atoms with E-state index in [4.69, 9.17) is 11.6 Å². The Morgan fingerprint density at radius 3 is 2.55 bits per heavy atom. The summed E-state index contributed by atoms with van der Waals surface area (Å²) in [5.74, 6) is 0.761. The van der Waals surface area contributed by atoms with Gasteiger partial charge in [-0.1, -0.05) is 48.0 Å². The van der Waals surface area contributed by atoms with Gasteiger partial charge in [0.1, 0.15) is 11.0 Å². The molecule has 5 heteroatoms. The maximum atomic E-state index is 6.25. The van der Waals surface area contributed by atoms with E-state index < -0.39 is 0 Å². The summed E-state index contributed by atoms with van der Waals surface area (Å²) in [7, 11) is 0. The van der Waals surface area contributed by atoms with Crippen molar-refractivity contribution in [2.45, 2.75) is 6.42 Å². The average molecular weight is 413 g/mol. The second kappa shape index (κ2) is 6.20. The van der Waals surface area contributed by atoms with Gasteiger partial charge in [-0.2, -0.15) is 0 Å². The lowest BCUT2D eigenvalue weighted by Gasteiger charge is -2.08. The monoisotopic (exact) mass is 412 g/mol. The highest BCUT2D eigenvalue weighted by molar-refractivity contribution is 14.1. The van der Waals surface area contributed by atoms with Crippen molar-refractivity contribution < 1.29 is 0 Å². The van der Waals surface area contributed by atoms with E-state index in [-0.39, 0.29) is 0 Å². The smallest absolute Gasteiger partial charge is 0.146 e. The average Bonchev–Trinajstić information content (AvgIpc) is 2.96. The lowest BCUT2D eigenvalue weighted by Crippen LogP contribution is -2.01. The van der Waals surface area contributed by atoms with Crippen LogP contribution >= 0.6 is 45.5 Å². The van der Waals surface area contributed by atoms with Crippen molar-refractivity contribution in [3.8, 4) is 11.3 Å². The second-order valence-corrected chi connectivity index (χ2v) is 6.68. The molecule has 2 aromatic heterocycles. The molecule has 3 rings (SSSR count). The fourth-order valence-electron chi connectivity index (χ4n) is 1.90. The molecule has 0 radical (unpaired) electrons. The number of thiophene rings is 1. The number of nitrogens with zero attached hydrogens (tertiary/aromatic N) is 2. The Morgan fingerprint density at radius 1 is 1.05 bits per heavy atom. The molecule has 2 nitrogen and oxygen atoms in total. The number of hydrogen-bond acceptors (Lipinski definition) is 3. The third kappa shape index (κ3) is 3.02. The van der Waals surface area contributed by atoms with Crippen molar-refractivity contribution in [3.05, 3.63) is 67.3 Å². The molecule has 0 aliphatic carbocycles. The van der Waals surface area contributed by atoms with Gasteiger partial charge in [-0.05, 0) is 34.0 Å². The molecule has 0 atom stereocenters. The van der Waals surface area contributed by atoms with Crippen molar-refractivity contribution in [2.24, 2.45) is 0 Å². The van der Waals surface area contributed by atoms with Crippen molar-refractivity contribution >= 4 is 45.5 Å². The highest BCUT2D eigenvalue weighted by Gasteiger charge is 2.13. The van der Waals surface area contributed by atoms with Gasteiger partial charge in [0.2, 0.25) is 0 Å². The molecule has 0 unspecified atom stereocenters. The number of benzene rings is 1. The largest absolute Gasteiger partial charge is 0.231 e. The van der Waals surface area contributed by atoms with Gasteiger partial charge < -0.3 is 0 Å². The van der Waals surface area contributed by atoms with E-state index in [1.54, 1.807) is 11.3 Å². The van der Waals surface area contributed by atoms with Gasteiger partial charge in [0.15, 0.2) is 0 Å². The summed E-state index contributed by atoms with van der Waals surface area (Å²) in [6.07, 6.45) is 0.716. The first-order chi connectivity index (χ1) is 9.74. The minimum Gasteiger partial charge on any atom is -0.231 e. The second-order valence-electron chi connectivity index (χ2n) is 4.22. The van der Waals surface area contributed by atoms with Gasteiger partial charge in [-0.25, -0.2) is 9.97 Å². The van der Waals surface area contributed by atoms with Crippen molar-refractivity contribution in [1.82, 2.24) is 9.97 Å².